The van der Waals surface area contributed by atoms with Crippen LogP contribution in [0.25, 0.3) is 11.0 Å². The first-order valence-electron chi connectivity index (χ1n) is 6.62. The van der Waals surface area contributed by atoms with Crippen LogP contribution in [-0.4, -0.2) is 30.2 Å². The summed E-state index contributed by atoms with van der Waals surface area (Å²) in [6.07, 6.45) is 4.88. The Labute approximate surface area is 116 Å². The molecule has 0 spiro atoms. The largest absolute Gasteiger partial charge is 0.450 e. The number of aryl methyl sites for hydroxylation is 1. The van der Waals surface area contributed by atoms with Gasteiger partial charge in [0.05, 0.1) is 6.10 Å². The van der Waals surface area contributed by atoms with Gasteiger partial charge in [0, 0.05) is 36.6 Å². The number of hydrogen-bond donors (Lipinski definition) is 1. The third-order valence-corrected chi connectivity index (χ3v) is 3.43. The zero-order chi connectivity index (χ0) is 13.9. The Hall–Kier alpha value is -1.92. The second-order valence-corrected chi connectivity index (χ2v) is 4.79. The number of carbonyl (C=O) groups excluding carboxylic acids is 1. The van der Waals surface area contributed by atoms with Gasteiger partial charge in [-0.2, -0.15) is 0 Å². The van der Waals surface area contributed by atoms with Gasteiger partial charge in [-0.1, -0.05) is 0 Å². The fraction of sp³-hybridized carbons (Fsp3) is 0.429. The van der Waals surface area contributed by atoms with Gasteiger partial charge in [-0.3, -0.25) is 14.6 Å². The second-order valence-electron chi connectivity index (χ2n) is 4.79. The fourth-order valence-electron chi connectivity index (χ4n) is 2.25. The van der Waals surface area contributed by atoms with Crippen LogP contribution in [0.3, 0.4) is 0 Å². The molecule has 0 aromatic carbocycles. The normalized spacial score (nSPS) is 16.4. The van der Waals surface area contributed by atoms with Crippen LogP contribution in [0.1, 0.15) is 29.0 Å². The highest BCUT2D eigenvalue weighted by Gasteiger charge is 2.20. The average Bonchev–Trinajstić information content (AvgIpc) is 2.84. The average molecular weight is 276 g/mol. The van der Waals surface area contributed by atoms with E-state index in [-0.39, 0.29) is 17.8 Å². The van der Waals surface area contributed by atoms with Crippen LogP contribution in [0, 0.1) is 6.92 Å². The van der Waals surface area contributed by atoms with Gasteiger partial charge in [-0.05, 0) is 25.8 Å². The lowest BCUT2D eigenvalue weighted by Crippen LogP contribution is -2.33. The summed E-state index contributed by atoms with van der Waals surface area (Å²) in [5.74, 6) is -0.106. The summed E-state index contributed by atoms with van der Waals surface area (Å²) >= 11 is 0. The van der Waals surface area contributed by atoms with Crippen LogP contribution in [0.5, 0.6) is 0 Å². The quantitative estimate of drug-likeness (QED) is 0.868. The molecule has 1 aliphatic heterocycles. The van der Waals surface area contributed by atoms with Crippen LogP contribution < -0.4 is 5.48 Å². The van der Waals surface area contributed by atoms with Crippen molar-refractivity contribution < 1.29 is 18.8 Å². The first-order valence-corrected chi connectivity index (χ1v) is 6.62. The lowest BCUT2D eigenvalue weighted by Gasteiger charge is -2.21. The van der Waals surface area contributed by atoms with Crippen LogP contribution in [0.2, 0.25) is 0 Å². The number of hydrogen-bond acceptors (Lipinski definition) is 5. The van der Waals surface area contributed by atoms with E-state index >= 15 is 0 Å². The maximum Gasteiger partial charge on any atom is 0.310 e. The van der Waals surface area contributed by atoms with Crippen molar-refractivity contribution in [3.63, 3.8) is 0 Å². The Bertz CT molecular complexity index is 617. The first kappa shape index (κ1) is 13.1. The van der Waals surface area contributed by atoms with Crippen molar-refractivity contribution in [1.29, 1.82) is 0 Å². The highest BCUT2D eigenvalue weighted by atomic mass is 16.7. The van der Waals surface area contributed by atoms with Crippen molar-refractivity contribution in [2.24, 2.45) is 0 Å². The van der Waals surface area contributed by atoms with Crippen molar-refractivity contribution in [3.8, 4) is 0 Å². The molecule has 0 aliphatic carbocycles. The maximum atomic E-state index is 12.1. The van der Waals surface area contributed by atoms with Gasteiger partial charge in [0.2, 0.25) is 0 Å². The SMILES string of the molecule is Cc1c(C(=O)NOC2CCOCC2)oc2ccncc12. The number of hydroxylamine groups is 1. The molecule has 1 aliphatic rings. The molecule has 2 aromatic heterocycles. The third-order valence-electron chi connectivity index (χ3n) is 3.43. The molecule has 0 radical (unpaired) electrons. The van der Waals surface area contributed by atoms with Crippen LogP contribution in [-0.2, 0) is 9.57 Å². The predicted octanol–water partition coefficient (Wildman–Crippen LogP) is 1.98. The number of rotatable bonds is 3. The summed E-state index contributed by atoms with van der Waals surface area (Å²) in [7, 11) is 0. The van der Waals surface area contributed by atoms with E-state index in [1.54, 1.807) is 18.5 Å². The Kier molecular flexibility index (Phi) is 3.66. The molecule has 106 valence electrons. The number of pyridine rings is 1. The summed E-state index contributed by atoms with van der Waals surface area (Å²) in [5.41, 5.74) is 3.87. The zero-order valence-corrected chi connectivity index (χ0v) is 11.2. The van der Waals surface area contributed by atoms with Gasteiger partial charge in [0.15, 0.2) is 5.76 Å². The molecule has 1 saturated heterocycles. The molecule has 0 unspecified atom stereocenters. The minimum atomic E-state index is -0.370. The number of aromatic nitrogens is 1. The van der Waals surface area contributed by atoms with Crippen molar-refractivity contribution in [3.05, 3.63) is 29.8 Å². The molecule has 3 heterocycles. The van der Waals surface area contributed by atoms with E-state index in [1.807, 2.05) is 6.92 Å². The Morgan fingerprint density at radius 3 is 3.00 bits per heavy atom. The summed E-state index contributed by atoms with van der Waals surface area (Å²) in [5, 5.41) is 0.837. The van der Waals surface area contributed by atoms with Crippen molar-refractivity contribution in [1.82, 2.24) is 10.5 Å². The van der Waals surface area contributed by atoms with Gasteiger partial charge < -0.3 is 9.15 Å². The van der Waals surface area contributed by atoms with E-state index in [0.717, 1.165) is 23.8 Å². The van der Waals surface area contributed by atoms with Gasteiger partial charge in [-0.25, -0.2) is 5.48 Å². The Morgan fingerprint density at radius 1 is 1.45 bits per heavy atom. The third kappa shape index (κ3) is 2.52. The molecular formula is C14H16N2O4. The standard InChI is InChI=1S/C14H16N2O4/c1-9-11-8-15-5-2-12(11)19-13(9)14(17)16-20-10-3-6-18-7-4-10/h2,5,8,10H,3-4,6-7H2,1H3,(H,16,17). The highest BCUT2D eigenvalue weighted by molar-refractivity contribution is 5.98. The minimum Gasteiger partial charge on any atom is -0.450 e. The Morgan fingerprint density at radius 2 is 2.25 bits per heavy atom. The lowest BCUT2D eigenvalue weighted by atomic mass is 10.2. The number of nitrogens with one attached hydrogen (secondary N) is 1. The number of amides is 1. The lowest BCUT2D eigenvalue weighted by molar-refractivity contribution is -0.0679. The molecule has 1 N–H and O–H groups in total. The number of carbonyl (C=O) groups is 1. The van der Waals surface area contributed by atoms with E-state index in [0.29, 0.717) is 18.8 Å². The number of furan rings is 1. The zero-order valence-electron chi connectivity index (χ0n) is 11.2. The molecular weight excluding hydrogens is 260 g/mol. The van der Waals surface area contributed by atoms with Gasteiger partial charge in [0.25, 0.3) is 0 Å². The molecule has 2 aromatic rings. The molecule has 20 heavy (non-hydrogen) atoms. The topological polar surface area (TPSA) is 73.6 Å². The van der Waals surface area contributed by atoms with Crippen molar-refractivity contribution >= 4 is 16.9 Å². The molecule has 6 nitrogen and oxygen atoms in total. The van der Waals surface area contributed by atoms with Gasteiger partial charge >= 0.3 is 5.91 Å². The van der Waals surface area contributed by atoms with Crippen molar-refractivity contribution in [2.45, 2.75) is 25.9 Å². The van der Waals surface area contributed by atoms with Gasteiger partial charge in [0.1, 0.15) is 5.58 Å². The number of ether oxygens (including phenoxy) is 1. The van der Waals surface area contributed by atoms with Crippen LogP contribution >= 0.6 is 0 Å². The van der Waals surface area contributed by atoms with E-state index in [2.05, 4.69) is 10.5 Å². The van der Waals surface area contributed by atoms with Crippen LogP contribution in [0.15, 0.2) is 22.9 Å². The van der Waals surface area contributed by atoms with E-state index < -0.39 is 0 Å². The molecule has 0 atom stereocenters. The molecule has 0 bridgehead atoms. The summed E-state index contributed by atoms with van der Waals surface area (Å²) in [6, 6.07) is 1.73. The molecule has 3 rings (SSSR count). The van der Waals surface area contributed by atoms with E-state index in [1.165, 1.54) is 0 Å². The minimum absolute atomic E-state index is 0.000879. The van der Waals surface area contributed by atoms with Crippen LogP contribution in [0.4, 0.5) is 0 Å². The smallest absolute Gasteiger partial charge is 0.310 e. The summed E-state index contributed by atoms with van der Waals surface area (Å²) in [6.45, 7) is 3.16. The molecule has 1 amide bonds. The highest BCUT2D eigenvalue weighted by Crippen LogP contribution is 2.24. The van der Waals surface area contributed by atoms with Crippen molar-refractivity contribution in [2.75, 3.05) is 13.2 Å². The number of fused-ring (bicyclic) bond motifs is 1. The fourth-order valence-corrected chi connectivity index (χ4v) is 2.25. The van der Waals surface area contributed by atoms with E-state index in [4.69, 9.17) is 14.0 Å². The summed E-state index contributed by atoms with van der Waals surface area (Å²) < 4.78 is 10.8. The van der Waals surface area contributed by atoms with Gasteiger partial charge in [-0.15, -0.1) is 0 Å². The first-order chi connectivity index (χ1) is 9.75. The summed E-state index contributed by atoms with van der Waals surface area (Å²) in [4.78, 5) is 21.5. The monoisotopic (exact) mass is 276 g/mol. The number of nitrogens with zero attached hydrogens (tertiary/aromatic N) is 1. The maximum absolute atomic E-state index is 12.1. The molecule has 0 saturated carbocycles. The second kappa shape index (κ2) is 5.60. The Balaban J connectivity index is 1.70. The predicted molar refractivity (Wildman–Crippen MR) is 71.1 cm³/mol. The van der Waals surface area contributed by atoms with E-state index in [9.17, 15) is 4.79 Å². The molecule has 1 fully saturated rings. The molecule has 6 heteroatoms.